The van der Waals surface area contributed by atoms with Gasteiger partial charge in [0.05, 0.1) is 11.0 Å². The van der Waals surface area contributed by atoms with Gasteiger partial charge in [-0.1, -0.05) is 59.7 Å². The Balaban J connectivity index is 0.000000244. The molecule has 6 rings (SSSR count). The lowest BCUT2D eigenvalue weighted by molar-refractivity contribution is 1.29. The predicted molar refractivity (Wildman–Crippen MR) is 154 cm³/mol. The molecule has 0 aliphatic carbocycles. The second kappa shape index (κ2) is 19.1. The minimum absolute atomic E-state index is 0.810. The zero-order valence-electron chi connectivity index (χ0n) is 22.1. The molecule has 4 aromatic heterocycles. The van der Waals surface area contributed by atoms with Gasteiger partial charge in [0.2, 0.25) is 0 Å². The topological polar surface area (TPSA) is 64.5 Å². The number of rotatable bonds is 0. The Hall–Kier alpha value is -4.25. The maximum atomic E-state index is 4.15. The van der Waals surface area contributed by atoms with Crippen LogP contribution in [0.5, 0.6) is 0 Å². The van der Waals surface area contributed by atoms with Crippen LogP contribution < -0.4 is 0 Å². The number of hydrogen-bond donors (Lipinski definition) is 0. The summed E-state index contributed by atoms with van der Waals surface area (Å²) < 4.78 is 0. The molecule has 186 valence electrons. The number of benzene rings is 2. The molecule has 0 saturated heterocycles. The van der Waals surface area contributed by atoms with E-state index in [1.54, 1.807) is 31.0 Å². The monoisotopic (exact) mass is 478 g/mol. The first kappa shape index (κ1) is 29.8. The maximum absolute atomic E-state index is 4.15. The summed E-state index contributed by atoms with van der Waals surface area (Å²) in [5.74, 6) is 0. The van der Waals surface area contributed by atoms with Gasteiger partial charge in [-0.3, -0.25) is 9.97 Å². The molecule has 0 radical (unpaired) electrons. The van der Waals surface area contributed by atoms with Crippen molar-refractivity contribution in [3.8, 4) is 0 Å². The highest BCUT2D eigenvalue weighted by Crippen LogP contribution is 2.08. The van der Waals surface area contributed by atoms with E-state index in [1.807, 2.05) is 120 Å². The number of fused-ring (bicyclic) bond motifs is 3. The first-order chi connectivity index (χ1) is 17.9. The van der Waals surface area contributed by atoms with Gasteiger partial charge in [0, 0.05) is 36.4 Å². The summed E-state index contributed by atoms with van der Waals surface area (Å²) in [5.41, 5.74) is 3.71. The minimum Gasteiger partial charge on any atom is -0.321 e. The Morgan fingerprint density at radius 3 is 1.42 bits per heavy atom. The summed E-state index contributed by atoms with van der Waals surface area (Å²) in [5, 5.41) is 2.26. The van der Waals surface area contributed by atoms with Gasteiger partial charge in [-0.15, -0.1) is 5.39 Å². The Morgan fingerprint density at radius 1 is 0.444 bits per heavy atom. The Labute approximate surface area is 215 Å². The molecule has 0 unspecified atom stereocenters. The van der Waals surface area contributed by atoms with Crippen molar-refractivity contribution in [3.05, 3.63) is 116 Å². The second-order valence-electron chi connectivity index (χ2n) is 6.22. The minimum atomic E-state index is 0.810. The Morgan fingerprint density at radius 2 is 0.917 bits per heavy atom. The highest BCUT2D eigenvalue weighted by Gasteiger charge is 1.89. The van der Waals surface area contributed by atoms with Crippen molar-refractivity contribution in [1.29, 1.82) is 0 Å². The third kappa shape index (κ3) is 9.94. The summed E-state index contributed by atoms with van der Waals surface area (Å²) in [7, 11) is 0. The van der Waals surface area contributed by atoms with Gasteiger partial charge in [-0.05, 0) is 48.0 Å². The molecule has 0 aliphatic heterocycles. The van der Waals surface area contributed by atoms with Gasteiger partial charge in [-0.2, -0.15) is 24.3 Å². The molecule has 5 heteroatoms. The number of aromatic nitrogens is 5. The zero-order valence-corrected chi connectivity index (χ0v) is 22.1. The Kier molecular flexibility index (Phi) is 15.8. The fourth-order valence-electron chi connectivity index (χ4n) is 2.77. The van der Waals surface area contributed by atoms with E-state index in [0.29, 0.717) is 0 Å². The SMILES string of the molecule is CC.CC.CC.[c-]1ccc2cccnc2c1.c1ccc2nccnc2c1.c1cnc2ncccc2c1. The maximum Gasteiger partial charge on any atom is 0.159 e. The van der Waals surface area contributed by atoms with Crippen LogP contribution >= 0.6 is 0 Å². The van der Waals surface area contributed by atoms with Crippen LogP contribution in [0.2, 0.25) is 0 Å². The summed E-state index contributed by atoms with van der Waals surface area (Å²) in [6.45, 7) is 12.0. The van der Waals surface area contributed by atoms with E-state index in [-0.39, 0.29) is 0 Å². The summed E-state index contributed by atoms with van der Waals surface area (Å²) >= 11 is 0. The van der Waals surface area contributed by atoms with Gasteiger partial charge in [-0.25, -0.2) is 9.97 Å². The molecule has 0 atom stereocenters. The van der Waals surface area contributed by atoms with Crippen LogP contribution in [0.4, 0.5) is 0 Å². The highest BCUT2D eigenvalue weighted by molar-refractivity contribution is 5.77. The molecule has 0 bridgehead atoms. The average Bonchev–Trinajstić information content (AvgIpc) is 3.01. The molecule has 0 N–H and O–H groups in total. The smallest absolute Gasteiger partial charge is 0.159 e. The van der Waals surface area contributed by atoms with Crippen LogP contribution in [0.3, 0.4) is 0 Å². The molecule has 0 amide bonds. The van der Waals surface area contributed by atoms with Crippen molar-refractivity contribution in [3.63, 3.8) is 0 Å². The fourth-order valence-corrected chi connectivity index (χ4v) is 2.77. The van der Waals surface area contributed by atoms with Gasteiger partial charge in [0.25, 0.3) is 0 Å². The van der Waals surface area contributed by atoms with E-state index in [2.05, 4.69) is 31.0 Å². The lowest BCUT2D eigenvalue weighted by Gasteiger charge is -2.00. The molecule has 2 aromatic carbocycles. The normalized spacial score (nSPS) is 8.83. The van der Waals surface area contributed by atoms with Crippen LogP contribution in [0.15, 0.2) is 110 Å². The largest absolute Gasteiger partial charge is 0.321 e. The van der Waals surface area contributed by atoms with Crippen molar-refractivity contribution in [1.82, 2.24) is 24.9 Å². The van der Waals surface area contributed by atoms with Gasteiger partial charge >= 0.3 is 0 Å². The number of para-hydroxylation sites is 2. The second-order valence-corrected chi connectivity index (χ2v) is 6.22. The van der Waals surface area contributed by atoms with E-state index >= 15 is 0 Å². The van der Waals surface area contributed by atoms with Gasteiger partial charge in [0.1, 0.15) is 0 Å². The summed E-state index contributed by atoms with van der Waals surface area (Å²) in [6, 6.07) is 28.3. The molecule has 0 spiro atoms. The molecule has 6 aromatic rings. The first-order valence-electron chi connectivity index (χ1n) is 12.4. The van der Waals surface area contributed by atoms with Crippen molar-refractivity contribution < 1.29 is 0 Å². The molecule has 0 aliphatic rings. The number of pyridine rings is 3. The fraction of sp³-hybridized carbons (Fsp3) is 0.194. The van der Waals surface area contributed by atoms with Crippen LogP contribution in [0, 0.1) is 6.07 Å². The lowest BCUT2D eigenvalue weighted by Crippen LogP contribution is -1.78. The third-order valence-corrected chi connectivity index (χ3v) is 4.20. The average molecular weight is 479 g/mol. The molecule has 4 heterocycles. The van der Waals surface area contributed by atoms with Crippen LogP contribution in [0.1, 0.15) is 41.5 Å². The zero-order chi connectivity index (χ0) is 26.4. The molecule has 0 fully saturated rings. The quantitative estimate of drug-likeness (QED) is 0.205. The van der Waals surface area contributed by atoms with Crippen molar-refractivity contribution in [2.75, 3.05) is 0 Å². The van der Waals surface area contributed by atoms with E-state index < -0.39 is 0 Å². The third-order valence-electron chi connectivity index (χ3n) is 4.20. The van der Waals surface area contributed by atoms with E-state index in [0.717, 1.165) is 27.6 Å². The molecule has 0 saturated carbocycles. The lowest BCUT2D eigenvalue weighted by atomic mass is 10.2. The number of hydrogen-bond acceptors (Lipinski definition) is 5. The van der Waals surface area contributed by atoms with Crippen molar-refractivity contribution >= 4 is 33.0 Å². The van der Waals surface area contributed by atoms with Gasteiger partial charge in [0.15, 0.2) is 5.65 Å². The summed E-state index contributed by atoms with van der Waals surface area (Å²) in [4.78, 5) is 20.5. The summed E-state index contributed by atoms with van der Waals surface area (Å²) in [6.07, 6.45) is 8.67. The van der Waals surface area contributed by atoms with Crippen molar-refractivity contribution in [2.24, 2.45) is 0 Å². The van der Waals surface area contributed by atoms with Crippen LogP contribution in [-0.2, 0) is 0 Å². The van der Waals surface area contributed by atoms with E-state index in [4.69, 9.17) is 0 Å². The molecular weight excluding hydrogens is 442 g/mol. The van der Waals surface area contributed by atoms with Crippen LogP contribution in [-0.4, -0.2) is 24.9 Å². The van der Waals surface area contributed by atoms with E-state index in [1.165, 1.54) is 5.39 Å². The first-order valence-corrected chi connectivity index (χ1v) is 12.4. The van der Waals surface area contributed by atoms with Crippen molar-refractivity contribution in [2.45, 2.75) is 41.5 Å². The molecule has 36 heavy (non-hydrogen) atoms. The number of nitrogens with zero attached hydrogens (tertiary/aromatic N) is 5. The predicted octanol–water partition coefficient (Wildman–Crippen LogP) is 8.37. The van der Waals surface area contributed by atoms with Crippen LogP contribution in [0.25, 0.3) is 33.0 Å². The molecular formula is C31H36N5-. The Bertz CT molecular complexity index is 1000. The van der Waals surface area contributed by atoms with E-state index in [9.17, 15) is 0 Å². The molecule has 5 nitrogen and oxygen atoms in total. The highest BCUT2D eigenvalue weighted by atomic mass is 14.8. The van der Waals surface area contributed by atoms with Gasteiger partial charge < -0.3 is 4.98 Å². The standard InChI is InChI=1S/C9H6N.2C8H6N2.3C2H6/c1-2-6-9-8(4-1)5-3-7-10-9;1-3-7-4-2-6-10-8(7)9-5-1;1-2-4-8-7(3-1)9-5-6-10-8;3*1-2/h1,3-7H;2*1-6H;3*1-2H3/q-1;;;;;.